The monoisotopic (exact) mass is 248 g/mol. The van der Waals surface area contributed by atoms with Crippen LogP contribution in [0, 0.1) is 5.92 Å². The second-order valence-corrected chi connectivity index (χ2v) is 6.12. The van der Waals surface area contributed by atoms with Crippen molar-refractivity contribution < 1.29 is 4.79 Å². The molecule has 3 nitrogen and oxygen atoms in total. The lowest BCUT2D eigenvalue weighted by atomic mass is 10.0. The molecule has 0 atom stereocenters. The van der Waals surface area contributed by atoms with E-state index in [0.717, 1.165) is 12.1 Å². The molecule has 0 aliphatic carbocycles. The highest BCUT2D eigenvalue weighted by atomic mass is 16.2. The molecule has 0 saturated carbocycles. The Kier molecular flexibility index (Phi) is 4.76. The SMILES string of the molecule is CC(C)Cc1ccc(NC(=O)NC(C)(C)C)cc1. The molecule has 3 heteroatoms. The molecule has 0 saturated heterocycles. The summed E-state index contributed by atoms with van der Waals surface area (Å²) in [4.78, 5) is 11.7. The fourth-order valence-electron chi connectivity index (χ4n) is 1.70. The fraction of sp³-hybridized carbons (Fsp3) is 0.533. The Labute approximate surface area is 110 Å². The fourth-order valence-corrected chi connectivity index (χ4v) is 1.70. The summed E-state index contributed by atoms with van der Waals surface area (Å²) in [6.07, 6.45) is 1.06. The third kappa shape index (κ3) is 5.71. The van der Waals surface area contributed by atoms with Gasteiger partial charge in [-0.3, -0.25) is 0 Å². The van der Waals surface area contributed by atoms with Crippen LogP contribution in [0.3, 0.4) is 0 Å². The molecule has 18 heavy (non-hydrogen) atoms. The van der Waals surface area contributed by atoms with Crippen molar-refractivity contribution in [2.45, 2.75) is 46.6 Å². The zero-order chi connectivity index (χ0) is 13.8. The van der Waals surface area contributed by atoms with Gasteiger partial charge in [0, 0.05) is 11.2 Å². The summed E-state index contributed by atoms with van der Waals surface area (Å²) < 4.78 is 0. The minimum absolute atomic E-state index is 0.167. The van der Waals surface area contributed by atoms with E-state index in [-0.39, 0.29) is 11.6 Å². The predicted molar refractivity (Wildman–Crippen MR) is 76.9 cm³/mol. The van der Waals surface area contributed by atoms with Gasteiger partial charge < -0.3 is 10.6 Å². The van der Waals surface area contributed by atoms with Crippen LogP contribution in [0.25, 0.3) is 0 Å². The van der Waals surface area contributed by atoms with Crippen molar-refractivity contribution in [2.24, 2.45) is 5.92 Å². The molecule has 2 amide bonds. The van der Waals surface area contributed by atoms with E-state index in [4.69, 9.17) is 0 Å². The van der Waals surface area contributed by atoms with Gasteiger partial charge in [0.25, 0.3) is 0 Å². The van der Waals surface area contributed by atoms with E-state index in [1.807, 2.05) is 32.9 Å². The van der Waals surface area contributed by atoms with Crippen LogP contribution in [0.15, 0.2) is 24.3 Å². The van der Waals surface area contributed by atoms with Crippen LogP contribution >= 0.6 is 0 Å². The first-order chi connectivity index (χ1) is 8.26. The molecule has 0 heterocycles. The lowest BCUT2D eigenvalue weighted by Gasteiger charge is -2.20. The van der Waals surface area contributed by atoms with E-state index in [9.17, 15) is 4.79 Å². The first-order valence-corrected chi connectivity index (χ1v) is 6.44. The lowest BCUT2D eigenvalue weighted by Crippen LogP contribution is -2.43. The number of amides is 2. The topological polar surface area (TPSA) is 41.1 Å². The molecule has 0 fully saturated rings. The molecule has 0 aliphatic rings. The van der Waals surface area contributed by atoms with Crippen molar-refractivity contribution in [1.82, 2.24) is 5.32 Å². The minimum Gasteiger partial charge on any atom is -0.333 e. The molecule has 0 spiro atoms. The number of nitrogens with one attached hydrogen (secondary N) is 2. The van der Waals surface area contributed by atoms with Crippen LogP contribution in [-0.4, -0.2) is 11.6 Å². The Bertz CT molecular complexity index is 388. The number of hydrogen-bond donors (Lipinski definition) is 2. The molecule has 1 aromatic carbocycles. The van der Waals surface area contributed by atoms with Crippen LogP contribution in [0.5, 0.6) is 0 Å². The number of carbonyl (C=O) groups excluding carboxylic acids is 1. The molecule has 0 bridgehead atoms. The number of urea groups is 1. The summed E-state index contributed by atoms with van der Waals surface area (Å²) >= 11 is 0. The van der Waals surface area contributed by atoms with Gasteiger partial charge in [-0.25, -0.2) is 4.79 Å². The van der Waals surface area contributed by atoms with E-state index in [1.54, 1.807) is 0 Å². The number of rotatable bonds is 3. The molecule has 0 unspecified atom stereocenters. The van der Waals surface area contributed by atoms with Crippen molar-refractivity contribution in [1.29, 1.82) is 0 Å². The Hall–Kier alpha value is -1.51. The Balaban J connectivity index is 2.56. The third-order valence-corrected chi connectivity index (χ3v) is 2.34. The normalized spacial score (nSPS) is 11.4. The van der Waals surface area contributed by atoms with Crippen molar-refractivity contribution in [2.75, 3.05) is 5.32 Å². The van der Waals surface area contributed by atoms with E-state index < -0.39 is 0 Å². The highest BCUT2D eigenvalue weighted by molar-refractivity contribution is 5.89. The second-order valence-electron chi connectivity index (χ2n) is 6.12. The highest BCUT2D eigenvalue weighted by Gasteiger charge is 2.13. The molecule has 0 radical (unpaired) electrons. The second kappa shape index (κ2) is 5.89. The first-order valence-electron chi connectivity index (χ1n) is 6.44. The summed E-state index contributed by atoms with van der Waals surface area (Å²) in [6, 6.07) is 7.85. The van der Waals surface area contributed by atoms with E-state index in [0.29, 0.717) is 5.92 Å². The van der Waals surface area contributed by atoms with Gasteiger partial charge >= 0.3 is 6.03 Å². The Morgan fingerprint density at radius 1 is 1.17 bits per heavy atom. The van der Waals surface area contributed by atoms with E-state index in [1.165, 1.54) is 5.56 Å². The molecular formula is C15H24N2O. The van der Waals surface area contributed by atoms with E-state index in [2.05, 4.69) is 36.6 Å². The smallest absolute Gasteiger partial charge is 0.319 e. The van der Waals surface area contributed by atoms with Gasteiger partial charge in [0.2, 0.25) is 0 Å². The average molecular weight is 248 g/mol. The highest BCUT2D eigenvalue weighted by Crippen LogP contribution is 2.13. The average Bonchev–Trinajstić information content (AvgIpc) is 2.17. The predicted octanol–water partition coefficient (Wildman–Crippen LogP) is 3.81. The van der Waals surface area contributed by atoms with Gasteiger partial charge in [0.1, 0.15) is 0 Å². The van der Waals surface area contributed by atoms with Crippen molar-refractivity contribution in [3.63, 3.8) is 0 Å². The van der Waals surface area contributed by atoms with Crippen LogP contribution in [-0.2, 0) is 6.42 Å². The number of anilines is 1. The van der Waals surface area contributed by atoms with E-state index >= 15 is 0 Å². The maximum Gasteiger partial charge on any atom is 0.319 e. The van der Waals surface area contributed by atoms with Gasteiger partial charge in [-0.2, -0.15) is 0 Å². The van der Waals surface area contributed by atoms with Crippen LogP contribution in [0.2, 0.25) is 0 Å². The van der Waals surface area contributed by atoms with Gasteiger partial charge in [0.05, 0.1) is 0 Å². The first kappa shape index (κ1) is 14.6. The third-order valence-electron chi connectivity index (χ3n) is 2.34. The van der Waals surface area contributed by atoms with Crippen molar-refractivity contribution in [3.05, 3.63) is 29.8 Å². The molecule has 0 aliphatic heterocycles. The van der Waals surface area contributed by atoms with Crippen molar-refractivity contribution >= 4 is 11.7 Å². The maximum atomic E-state index is 11.7. The zero-order valence-corrected chi connectivity index (χ0v) is 12.0. The summed E-state index contributed by atoms with van der Waals surface area (Å²) in [5.74, 6) is 0.646. The quantitative estimate of drug-likeness (QED) is 0.839. The number of hydrogen-bond acceptors (Lipinski definition) is 1. The minimum atomic E-state index is -0.221. The Morgan fingerprint density at radius 2 is 1.72 bits per heavy atom. The van der Waals surface area contributed by atoms with Crippen LogP contribution in [0.4, 0.5) is 10.5 Å². The van der Waals surface area contributed by atoms with Crippen LogP contribution in [0.1, 0.15) is 40.2 Å². The summed E-state index contributed by atoms with van der Waals surface area (Å²) in [6.45, 7) is 10.3. The van der Waals surface area contributed by atoms with Gasteiger partial charge in [-0.1, -0.05) is 26.0 Å². The molecule has 1 rings (SSSR count). The summed E-state index contributed by atoms with van der Waals surface area (Å²) in [5, 5.41) is 5.69. The van der Waals surface area contributed by atoms with Gasteiger partial charge in [0.15, 0.2) is 0 Å². The molecule has 100 valence electrons. The van der Waals surface area contributed by atoms with Gasteiger partial charge in [-0.05, 0) is 50.8 Å². The number of carbonyl (C=O) groups is 1. The summed E-state index contributed by atoms with van der Waals surface area (Å²) in [7, 11) is 0. The lowest BCUT2D eigenvalue weighted by molar-refractivity contribution is 0.244. The summed E-state index contributed by atoms with van der Waals surface area (Å²) in [5.41, 5.74) is 1.90. The largest absolute Gasteiger partial charge is 0.333 e. The molecular weight excluding hydrogens is 224 g/mol. The number of benzene rings is 1. The standard InChI is InChI=1S/C15H24N2O/c1-11(2)10-12-6-8-13(9-7-12)16-14(18)17-15(3,4)5/h6-9,11H,10H2,1-5H3,(H2,16,17,18). The Morgan fingerprint density at radius 3 is 2.17 bits per heavy atom. The molecule has 0 aromatic heterocycles. The van der Waals surface area contributed by atoms with Crippen molar-refractivity contribution in [3.8, 4) is 0 Å². The zero-order valence-electron chi connectivity index (χ0n) is 12.0. The molecule has 1 aromatic rings. The van der Waals surface area contributed by atoms with Gasteiger partial charge in [-0.15, -0.1) is 0 Å². The maximum absolute atomic E-state index is 11.7. The molecule has 2 N–H and O–H groups in total. The van der Waals surface area contributed by atoms with Crippen LogP contribution < -0.4 is 10.6 Å².